The summed E-state index contributed by atoms with van der Waals surface area (Å²) >= 11 is 0. The monoisotopic (exact) mass is 154 g/mol. The minimum absolute atomic E-state index is 0.399. The van der Waals surface area contributed by atoms with E-state index < -0.39 is 11.9 Å². The summed E-state index contributed by atoms with van der Waals surface area (Å²) in [6, 6.07) is 1.03. The van der Waals surface area contributed by atoms with Crippen molar-refractivity contribution < 1.29 is 4.79 Å². The summed E-state index contributed by atoms with van der Waals surface area (Å²) in [6.07, 6.45) is 3.35. The number of nitrogens with two attached hydrogens (primary N) is 2. The molecule has 1 amide bonds. The molecule has 1 aromatic heterocycles. The zero-order chi connectivity index (χ0) is 8.27. The van der Waals surface area contributed by atoms with Gasteiger partial charge in [0.05, 0.1) is 0 Å². The summed E-state index contributed by atoms with van der Waals surface area (Å²) in [6.45, 7) is 0. The van der Waals surface area contributed by atoms with Crippen LogP contribution < -0.4 is 17.0 Å². The molecule has 1 atom stereocenters. The predicted octanol–water partition coefficient (Wildman–Crippen LogP) is -0.996. The number of aromatic amines is 1. The molecule has 0 aromatic carbocycles. The van der Waals surface area contributed by atoms with E-state index in [4.69, 9.17) is 11.6 Å². The van der Waals surface area contributed by atoms with Gasteiger partial charge in [0.15, 0.2) is 0 Å². The second kappa shape index (κ2) is 3.18. The first-order valence-electron chi connectivity index (χ1n) is 3.14. The van der Waals surface area contributed by atoms with Gasteiger partial charge in [-0.05, 0) is 11.6 Å². The van der Waals surface area contributed by atoms with Gasteiger partial charge in [-0.15, -0.1) is 0 Å². The molecule has 11 heavy (non-hydrogen) atoms. The van der Waals surface area contributed by atoms with Crippen molar-refractivity contribution in [2.75, 3.05) is 0 Å². The first kappa shape index (κ1) is 7.77. The van der Waals surface area contributed by atoms with Crippen LogP contribution in [0.4, 0.5) is 0 Å². The summed E-state index contributed by atoms with van der Waals surface area (Å²) < 4.78 is 0. The van der Waals surface area contributed by atoms with Crippen LogP contribution in [-0.2, 0) is 4.79 Å². The lowest BCUT2D eigenvalue weighted by atomic mass is 10.1. The number of amides is 1. The molecule has 0 bridgehead atoms. The van der Waals surface area contributed by atoms with Gasteiger partial charge in [0.2, 0.25) is 0 Å². The van der Waals surface area contributed by atoms with E-state index in [1.807, 2.05) is 5.43 Å². The lowest BCUT2D eigenvalue weighted by Crippen LogP contribution is -2.38. The van der Waals surface area contributed by atoms with Crippen LogP contribution >= 0.6 is 0 Å². The van der Waals surface area contributed by atoms with Gasteiger partial charge in [-0.25, -0.2) is 5.84 Å². The van der Waals surface area contributed by atoms with Gasteiger partial charge in [-0.1, -0.05) is 0 Å². The number of hydrogen-bond acceptors (Lipinski definition) is 3. The first-order valence-corrected chi connectivity index (χ1v) is 3.14. The molecule has 5 heteroatoms. The SMILES string of the molecule is NNC(=O)C(N)c1cc[nH]c1. The van der Waals surface area contributed by atoms with Gasteiger partial charge in [-0.2, -0.15) is 0 Å². The second-order valence-electron chi connectivity index (χ2n) is 2.13. The third-order valence-electron chi connectivity index (χ3n) is 1.41. The summed E-state index contributed by atoms with van der Waals surface area (Å²) in [5, 5.41) is 0. The lowest BCUT2D eigenvalue weighted by molar-refractivity contribution is -0.122. The fourth-order valence-corrected chi connectivity index (χ4v) is 0.771. The maximum Gasteiger partial charge on any atom is 0.255 e. The molecular weight excluding hydrogens is 144 g/mol. The van der Waals surface area contributed by atoms with E-state index in [1.54, 1.807) is 18.5 Å². The largest absolute Gasteiger partial charge is 0.367 e. The highest BCUT2D eigenvalue weighted by molar-refractivity contribution is 5.82. The van der Waals surface area contributed by atoms with Crippen molar-refractivity contribution in [2.24, 2.45) is 11.6 Å². The Kier molecular flexibility index (Phi) is 2.25. The van der Waals surface area contributed by atoms with Crippen LogP contribution in [0.15, 0.2) is 18.5 Å². The molecule has 0 saturated heterocycles. The number of hydrazine groups is 1. The standard InChI is InChI=1S/C6H10N4O/c7-5(6(11)10-8)4-1-2-9-3-4/h1-3,5,9H,7-8H2,(H,10,11). The molecule has 1 unspecified atom stereocenters. The van der Waals surface area contributed by atoms with Gasteiger partial charge in [0, 0.05) is 12.4 Å². The average molecular weight is 154 g/mol. The predicted molar refractivity (Wildman–Crippen MR) is 40.1 cm³/mol. The van der Waals surface area contributed by atoms with Gasteiger partial charge in [0.1, 0.15) is 6.04 Å². The summed E-state index contributed by atoms with van der Waals surface area (Å²) in [4.78, 5) is 13.6. The van der Waals surface area contributed by atoms with E-state index in [0.29, 0.717) is 5.56 Å². The second-order valence-corrected chi connectivity index (χ2v) is 2.13. The van der Waals surface area contributed by atoms with Crippen molar-refractivity contribution >= 4 is 5.91 Å². The third kappa shape index (κ3) is 1.57. The molecule has 0 fully saturated rings. The zero-order valence-corrected chi connectivity index (χ0v) is 5.87. The van der Waals surface area contributed by atoms with Gasteiger partial charge in [-0.3, -0.25) is 10.2 Å². The van der Waals surface area contributed by atoms with Crippen LogP contribution in [0.3, 0.4) is 0 Å². The van der Waals surface area contributed by atoms with Gasteiger partial charge in [0.25, 0.3) is 5.91 Å². The maximum absolute atomic E-state index is 10.8. The molecule has 5 nitrogen and oxygen atoms in total. The Morgan fingerprint density at radius 2 is 2.45 bits per heavy atom. The smallest absolute Gasteiger partial charge is 0.255 e. The van der Waals surface area contributed by atoms with E-state index in [-0.39, 0.29) is 0 Å². The van der Waals surface area contributed by atoms with Gasteiger partial charge < -0.3 is 10.7 Å². The lowest BCUT2D eigenvalue weighted by Gasteiger charge is -2.06. The molecular formula is C6H10N4O. The molecule has 60 valence electrons. The summed E-state index contributed by atoms with van der Waals surface area (Å²) in [7, 11) is 0. The molecule has 6 N–H and O–H groups in total. The van der Waals surface area contributed by atoms with Crippen molar-refractivity contribution in [3.05, 3.63) is 24.0 Å². The van der Waals surface area contributed by atoms with E-state index in [2.05, 4.69) is 4.98 Å². The minimum Gasteiger partial charge on any atom is -0.367 e. The van der Waals surface area contributed by atoms with Crippen LogP contribution in [0.2, 0.25) is 0 Å². The number of nitrogens with one attached hydrogen (secondary N) is 2. The first-order chi connectivity index (χ1) is 5.25. The molecule has 0 radical (unpaired) electrons. The number of H-pyrrole nitrogens is 1. The number of carbonyl (C=O) groups excluding carboxylic acids is 1. The van der Waals surface area contributed by atoms with E-state index >= 15 is 0 Å². The highest BCUT2D eigenvalue weighted by Gasteiger charge is 2.13. The average Bonchev–Trinajstić information content (AvgIpc) is 2.53. The summed E-state index contributed by atoms with van der Waals surface area (Å²) in [5.41, 5.74) is 8.17. The van der Waals surface area contributed by atoms with E-state index in [1.165, 1.54) is 0 Å². The topological polar surface area (TPSA) is 96.9 Å². The Morgan fingerprint density at radius 3 is 2.91 bits per heavy atom. The van der Waals surface area contributed by atoms with Crippen LogP contribution in [-0.4, -0.2) is 10.9 Å². The third-order valence-corrected chi connectivity index (χ3v) is 1.41. The molecule has 0 aliphatic heterocycles. The number of aromatic nitrogens is 1. The van der Waals surface area contributed by atoms with Crippen LogP contribution in [0.5, 0.6) is 0 Å². The quantitative estimate of drug-likeness (QED) is 0.250. The number of carbonyl (C=O) groups is 1. The molecule has 1 aromatic rings. The Hall–Kier alpha value is -1.33. The minimum atomic E-state index is -0.689. The van der Waals surface area contributed by atoms with Gasteiger partial charge >= 0.3 is 0 Å². The number of hydrogen-bond donors (Lipinski definition) is 4. The maximum atomic E-state index is 10.8. The molecule has 0 saturated carbocycles. The molecule has 0 spiro atoms. The molecule has 0 aliphatic carbocycles. The highest BCUT2D eigenvalue weighted by atomic mass is 16.2. The Balaban J connectivity index is 2.70. The van der Waals surface area contributed by atoms with Crippen LogP contribution in [0.25, 0.3) is 0 Å². The molecule has 0 aliphatic rings. The zero-order valence-electron chi connectivity index (χ0n) is 5.87. The van der Waals surface area contributed by atoms with Crippen molar-refractivity contribution in [3.63, 3.8) is 0 Å². The molecule has 1 heterocycles. The van der Waals surface area contributed by atoms with Crippen molar-refractivity contribution in [1.82, 2.24) is 10.4 Å². The normalized spacial score (nSPS) is 12.5. The van der Waals surface area contributed by atoms with Crippen molar-refractivity contribution in [1.29, 1.82) is 0 Å². The Labute approximate surface area is 63.7 Å². The highest BCUT2D eigenvalue weighted by Crippen LogP contribution is 2.07. The Morgan fingerprint density at radius 1 is 1.73 bits per heavy atom. The fraction of sp³-hybridized carbons (Fsp3) is 0.167. The summed E-state index contributed by atoms with van der Waals surface area (Å²) in [5.74, 6) is 4.49. The van der Waals surface area contributed by atoms with Crippen LogP contribution in [0, 0.1) is 0 Å². The fourth-order valence-electron chi connectivity index (χ4n) is 0.771. The van der Waals surface area contributed by atoms with E-state index in [9.17, 15) is 4.79 Å². The Bertz CT molecular complexity index is 231. The van der Waals surface area contributed by atoms with Crippen molar-refractivity contribution in [2.45, 2.75) is 6.04 Å². The van der Waals surface area contributed by atoms with Crippen LogP contribution in [0.1, 0.15) is 11.6 Å². The van der Waals surface area contributed by atoms with E-state index in [0.717, 1.165) is 0 Å². The number of rotatable bonds is 2. The molecule has 1 rings (SSSR count). The van der Waals surface area contributed by atoms with Crippen molar-refractivity contribution in [3.8, 4) is 0 Å².